The molecule has 82 valence electrons. The molecular formula is C11H12N4O. The average Bonchev–Trinajstić information content (AvgIpc) is 2.83. The number of carbonyl (C=O) groups is 1. The van der Waals surface area contributed by atoms with Crippen LogP contribution in [0, 0.1) is 0 Å². The van der Waals surface area contributed by atoms with Crippen LogP contribution in [0.15, 0.2) is 30.7 Å². The molecule has 0 saturated carbocycles. The van der Waals surface area contributed by atoms with E-state index >= 15 is 0 Å². The minimum atomic E-state index is -0.215. The lowest BCUT2D eigenvalue weighted by Gasteiger charge is -2.04. The molecule has 0 fully saturated rings. The first-order chi connectivity index (χ1) is 7.79. The molecule has 0 aliphatic rings. The number of carbonyl (C=O) groups excluding carboxylic acids is 1. The van der Waals surface area contributed by atoms with Crippen LogP contribution in [0.25, 0.3) is 0 Å². The maximum atomic E-state index is 11.7. The molecule has 2 rings (SSSR count). The van der Waals surface area contributed by atoms with Gasteiger partial charge in [0.25, 0.3) is 5.91 Å². The van der Waals surface area contributed by atoms with Gasteiger partial charge in [-0.15, -0.1) is 0 Å². The predicted molar refractivity (Wildman–Crippen MR) is 60.2 cm³/mol. The van der Waals surface area contributed by atoms with E-state index in [1.165, 1.54) is 6.20 Å². The largest absolute Gasteiger partial charge is 0.319 e. The van der Waals surface area contributed by atoms with Gasteiger partial charge in [0.2, 0.25) is 0 Å². The minimum Gasteiger partial charge on any atom is -0.319 e. The van der Waals surface area contributed by atoms with Gasteiger partial charge < -0.3 is 5.32 Å². The monoisotopic (exact) mass is 216 g/mol. The Balaban J connectivity index is 2.12. The number of amides is 1. The second kappa shape index (κ2) is 4.57. The molecule has 0 spiro atoms. The number of hydrogen-bond donors (Lipinski definition) is 2. The first kappa shape index (κ1) is 10.4. The summed E-state index contributed by atoms with van der Waals surface area (Å²) in [6, 6.07) is 3.52. The highest BCUT2D eigenvalue weighted by Crippen LogP contribution is 2.09. The van der Waals surface area contributed by atoms with Crippen LogP contribution >= 0.6 is 0 Å². The summed E-state index contributed by atoms with van der Waals surface area (Å²) >= 11 is 0. The summed E-state index contributed by atoms with van der Waals surface area (Å²) in [6.45, 7) is 2.04. The van der Waals surface area contributed by atoms with Crippen molar-refractivity contribution < 1.29 is 4.79 Å². The lowest BCUT2D eigenvalue weighted by atomic mass is 10.2. The van der Waals surface area contributed by atoms with E-state index in [0.717, 1.165) is 12.0 Å². The molecule has 2 heterocycles. The van der Waals surface area contributed by atoms with Gasteiger partial charge >= 0.3 is 0 Å². The zero-order valence-corrected chi connectivity index (χ0v) is 8.90. The maximum Gasteiger partial charge on any atom is 0.273 e. The highest BCUT2D eigenvalue weighted by atomic mass is 16.1. The predicted octanol–water partition coefficient (Wildman–Crippen LogP) is 1.62. The summed E-state index contributed by atoms with van der Waals surface area (Å²) in [5, 5.41) is 9.07. The number of hydrogen-bond acceptors (Lipinski definition) is 3. The van der Waals surface area contributed by atoms with Crippen LogP contribution in [0.5, 0.6) is 0 Å². The minimum absolute atomic E-state index is 0.215. The fraction of sp³-hybridized carbons (Fsp3) is 0.182. The van der Waals surface area contributed by atoms with Gasteiger partial charge in [-0.3, -0.25) is 14.9 Å². The van der Waals surface area contributed by atoms with Crippen molar-refractivity contribution in [3.05, 3.63) is 42.0 Å². The quantitative estimate of drug-likeness (QED) is 0.819. The zero-order valence-electron chi connectivity index (χ0n) is 8.90. The smallest absolute Gasteiger partial charge is 0.273 e. The van der Waals surface area contributed by atoms with E-state index in [0.29, 0.717) is 11.4 Å². The number of nitrogens with one attached hydrogen (secondary N) is 2. The molecule has 0 radical (unpaired) electrons. The second-order valence-electron chi connectivity index (χ2n) is 3.36. The van der Waals surface area contributed by atoms with Crippen LogP contribution in [-0.2, 0) is 6.42 Å². The molecular weight excluding hydrogens is 204 g/mol. The Morgan fingerprint density at radius 3 is 3.06 bits per heavy atom. The van der Waals surface area contributed by atoms with Crippen LogP contribution in [0.4, 0.5) is 5.69 Å². The van der Waals surface area contributed by atoms with Crippen molar-refractivity contribution >= 4 is 11.6 Å². The molecule has 2 aromatic rings. The second-order valence-corrected chi connectivity index (χ2v) is 3.36. The van der Waals surface area contributed by atoms with Gasteiger partial charge in [-0.1, -0.05) is 6.92 Å². The van der Waals surface area contributed by atoms with Gasteiger partial charge in [-0.2, -0.15) is 5.10 Å². The number of rotatable bonds is 3. The summed E-state index contributed by atoms with van der Waals surface area (Å²) in [5.41, 5.74) is 2.21. The van der Waals surface area contributed by atoms with Crippen LogP contribution in [0.2, 0.25) is 0 Å². The van der Waals surface area contributed by atoms with Crippen LogP contribution in [-0.4, -0.2) is 21.1 Å². The highest BCUT2D eigenvalue weighted by Gasteiger charge is 2.07. The molecule has 0 unspecified atom stereocenters. The molecule has 0 aliphatic carbocycles. The number of pyridine rings is 1. The van der Waals surface area contributed by atoms with Crippen molar-refractivity contribution in [2.24, 2.45) is 0 Å². The van der Waals surface area contributed by atoms with Crippen molar-refractivity contribution in [3.8, 4) is 0 Å². The number of aromatic nitrogens is 3. The topological polar surface area (TPSA) is 70.7 Å². The molecule has 5 heteroatoms. The molecule has 1 amide bonds. The van der Waals surface area contributed by atoms with Crippen molar-refractivity contribution in [1.29, 1.82) is 0 Å². The fourth-order valence-corrected chi connectivity index (χ4v) is 1.33. The first-order valence-electron chi connectivity index (χ1n) is 5.04. The molecule has 0 aliphatic heterocycles. The number of anilines is 1. The molecule has 0 bridgehead atoms. The third-order valence-corrected chi connectivity index (χ3v) is 2.21. The lowest BCUT2D eigenvalue weighted by molar-refractivity contribution is 0.102. The van der Waals surface area contributed by atoms with Crippen LogP contribution in [0.1, 0.15) is 23.0 Å². The molecule has 16 heavy (non-hydrogen) atoms. The van der Waals surface area contributed by atoms with Gasteiger partial charge in [0, 0.05) is 12.4 Å². The third-order valence-electron chi connectivity index (χ3n) is 2.21. The van der Waals surface area contributed by atoms with E-state index in [9.17, 15) is 4.79 Å². The molecule has 2 aromatic heterocycles. The van der Waals surface area contributed by atoms with E-state index in [1.54, 1.807) is 18.5 Å². The Morgan fingerprint density at radius 2 is 2.38 bits per heavy atom. The normalized spacial score (nSPS) is 10.1. The van der Waals surface area contributed by atoms with E-state index in [2.05, 4.69) is 20.5 Å². The Kier molecular flexibility index (Phi) is 2.95. The Labute approximate surface area is 92.9 Å². The van der Waals surface area contributed by atoms with Gasteiger partial charge in [0.05, 0.1) is 11.9 Å². The van der Waals surface area contributed by atoms with Gasteiger partial charge in [-0.05, 0) is 24.1 Å². The fourth-order valence-electron chi connectivity index (χ4n) is 1.33. The number of aryl methyl sites for hydroxylation is 1. The number of H-pyrrole nitrogens is 1. The Hall–Kier alpha value is -2.17. The lowest BCUT2D eigenvalue weighted by Crippen LogP contribution is -2.12. The van der Waals surface area contributed by atoms with Crippen molar-refractivity contribution in [2.45, 2.75) is 13.3 Å². The SMILES string of the molecule is CCc1cncc(NC(=O)c2ccn[nH]2)c1. The van der Waals surface area contributed by atoms with Crippen LogP contribution in [0.3, 0.4) is 0 Å². The van der Waals surface area contributed by atoms with Crippen molar-refractivity contribution in [3.63, 3.8) is 0 Å². The third kappa shape index (κ3) is 2.25. The van der Waals surface area contributed by atoms with E-state index < -0.39 is 0 Å². The zero-order chi connectivity index (χ0) is 11.4. The summed E-state index contributed by atoms with van der Waals surface area (Å²) < 4.78 is 0. The van der Waals surface area contributed by atoms with E-state index in [1.807, 2.05) is 13.0 Å². The molecule has 5 nitrogen and oxygen atoms in total. The summed E-state index contributed by atoms with van der Waals surface area (Å²) in [7, 11) is 0. The molecule has 0 aromatic carbocycles. The van der Waals surface area contributed by atoms with Gasteiger partial charge in [-0.25, -0.2) is 0 Å². The highest BCUT2D eigenvalue weighted by molar-refractivity contribution is 6.02. The van der Waals surface area contributed by atoms with Crippen molar-refractivity contribution in [1.82, 2.24) is 15.2 Å². The van der Waals surface area contributed by atoms with E-state index in [4.69, 9.17) is 0 Å². The van der Waals surface area contributed by atoms with Gasteiger partial charge in [0.1, 0.15) is 5.69 Å². The Bertz CT molecular complexity index is 478. The maximum absolute atomic E-state index is 11.7. The standard InChI is InChI=1S/C11H12N4O/c1-2-8-5-9(7-12-6-8)14-11(16)10-3-4-13-15-10/h3-7H,2H2,1H3,(H,13,15)(H,14,16). The van der Waals surface area contributed by atoms with E-state index in [-0.39, 0.29) is 5.91 Å². The first-order valence-corrected chi connectivity index (χ1v) is 5.04. The summed E-state index contributed by atoms with van der Waals surface area (Å²) in [5.74, 6) is -0.215. The summed E-state index contributed by atoms with van der Waals surface area (Å²) in [6.07, 6.45) is 5.83. The molecule has 0 saturated heterocycles. The number of aromatic amines is 1. The van der Waals surface area contributed by atoms with Crippen molar-refractivity contribution in [2.75, 3.05) is 5.32 Å². The molecule has 0 atom stereocenters. The molecule has 2 N–H and O–H groups in total. The van der Waals surface area contributed by atoms with Crippen LogP contribution < -0.4 is 5.32 Å². The summed E-state index contributed by atoms with van der Waals surface area (Å²) in [4.78, 5) is 15.7. The Morgan fingerprint density at radius 1 is 1.50 bits per heavy atom. The average molecular weight is 216 g/mol. The number of nitrogens with zero attached hydrogens (tertiary/aromatic N) is 2. The van der Waals surface area contributed by atoms with Gasteiger partial charge in [0.15, 0.2) is 0 Å².